The molecule has 2 heterocycles. The Kier molecular flexibility index (Phi) is 7.09. The number of carbonyl (C=O) groups is 2. The molecule has 1 atom stereocenters. The zero-order chi connectivity index (χ0) is 23.2. The number of fused-ring (bicyclic) bond motifs is 1. The second-order valence-corrected chi connectivity index (χ2v) is 8.40. The van der Waals surface area contributed by atoms with Crippen molar-refractivity contribution in [3.8, 4) is 11.5 Å². The molecular weight excluding hydrogens is 445 g/mol. The van der Waals surface area contributed by atoms with E-state index in [0.717, 1.165) is 11.8 Å². The van der Waals surface area contributed by atoms with Gasteiger partial charge in [-0.15, -0.1) is 0 Å². The molecule has 0 fully saturated rings. The average Bonchev–Trinajstić information content (AvgIpc) is 3.27. The first-order chi connectivity index (χ1) is 16.0. The predicted molar refractivity (Wildman–Crippen MR) is 123 cm³/mol. The molecule has 1 aliphatic rings. The first-order valence-electron chi connectivity index (χ1n) is 10.3. The van der Waals surface area contributed by atoms with Crippen LogP contribution in [0.1, 0.15) is 22.8 Å². The Morgan fingerprint density at radius 3 is 2.79 bits per heavy atom. The molecule has 3 aromatic rings. The number of benzene rings is 2. The third-order valence-electron chi connectivity index (χ3n) is 4.87. The standard InChI is InChI=1S/C24H22FN3O4S/c1-15(11-16-5-2-3-7-19(16)25)27-23(30)18-6-4-10-26-24(18)33-13-22(29)28-17-8-9-20-21(12-17)32-14-31-20/h2-10,12,15H,11,13-14H2,1H3,(H,27,30)(H,28,29). The van der Waals surface area contributed by atoms with Gasteiger partial charge in [0.25, 0.3) is 5.91 Å². The van der Waals surface area contributed by atoms with Gasteiger partial charge in [-0.05, 0) is 49.2 Å². The molecule has 0 radical (unpaired) electrons. The summed E-state index contributed by atoms with van der Waals surface area (Å²) in [5, 5.41) is 6.11. The van der Waals surface area contributed by atoms with E-state index in [2.05, 4.69) is 15.6 Å². The maximum Gasteiger partial charge on any atom is 0.254 e. The average molecular weight is 468 g/mol. The zero-order valence-corrected chi connectivity index (χ0v) is 18.7. The highest BCUT2D eigenvalue weighted by molar-refractivity contribution is 8.00. The molecule has 170 valence electrons. The van der Waals surface area contributed by atoms with Crippen molar-refractivity contribution in [3.63, 3.8) is 0 Å². The van der Waals surface area contributed by atoms with Gasteiger partial charge in [0.1, 0.15) is 10.8 Å². The number of rotatable bonds is 8. The van der Waals surface area contributed by atoms with E-state index >= 15 is 0 Å². The Balaban J connectivity index is 1.34. The molecule has 2 amide bonds. The Morgan fingerprint density at radius 1 is 1.12 bits per heavy atom. The van der Waals surface area contributed by atoms with Crippen LogP contribution in [0, 0.1) is 5.82 Å². The van der Waals surface area contributed by atoms with Crippen molar-refractivity contribution < 1.29 is 23.5 Å². The third-order valence-corrected chi connectivity index (χ3v) is 5.88. The predicted octanol–water partition coefficient (Wildman–Crippen LogP) is 4.04. The summed E-state index contributed by atoms with van der Waals surface area (Å²) < 4.78 is 24.5. The summed E-state index contributed by atoms with van der Waals surface area (Å²) >= 11 is 1.16. The van der Waals surface area contributed by atoms with Gasteiger partial charge in [-0.2, -0.15) is 0 Å². The van der Waals surface area contributed by atoms with Crippen molar-refractivity contribution in [2.45, 2.75) is 24.4 Å². The monoisotopic (exact) mass is 467 g/mol. The van der Waals surface area contributed by atoms with Gasteiger partial charge in [-0.3, -0.25) is 9.59 Å². The molecular formula is C24H22FN3O4S. The molecule has 0 saturated carbocycles. The lowest BCUT2D eigenvalue weighted by atomic mass is 10.1. The van der Waals surface area contributed by atoms with Crippen molar-refractivity contribution in [2.24, 2.45) is 0 Å². The second-order valence-electron chi connectivity index (χ2n) is 7.43. The SMILES string of the molecule is CC(Cc1ccccc1F)NC(=O)c1cccnc1SCC(=O)Nc1ccc2c(c1)OCO2. The summed E-state index contributed by atoms with van der Waals surface area (Å²) in [5.74, 6) is 0.403. The number of aromatic nitrogens is 1. The molecule has 1 aliphatic heterocycles. The molecule has 33 heavy (non-hydrogen) atoms. The maximum absolute atomic E-state index is 13.9. The van der Waals surface area contributed by atoms with Gasteiger partial charge >= 0.3 is 0 Å². The Morgan fingerprint density at radius 2 is 1.94 bits per heavy atom. The Hall–Kier alpha value is -3.59. The van der Waals surface area contributed by atoms with Crippen LogP contribution < -0.4 is 20.1 Å². The van der Waals surface area contributed by atoms with Gasteiger partial charge < -0.3 is 20.1 Å². The number of hydrogen-bond donors (Lipinski definition) is 2. The van der Waals surface area contributed by atoms with Gasteiger partial charge in [0, 0.05) is 24.0 Å². The number of thioether (sulfide) groups is 1. The van der Waals surface area contributed by atoms with Crippen LogP contribution in [0.5, 0.6) is 11.5 Å². The van der Waals surface area contributed by atoms with Crippen LogP contribution in [-0.2, 0) is 11.2 Å². The van der Waals surface area contributed by atoms with E-state index in [1.807, 2.05) is 6.92 Å². The highest BCUT2D eigenvalue weighted by Gasteiger charge is 2.18. The lowest BCUT2D eigenvalue weighted by Crippen LogP contribution is -2.34. The lowest BCUT2D eigenvalue weighted by molar-refractivity contribution is -0.113. The fraction of sp³-hybridized carbons (Fsp3) is 0.208. The minimum absolute atomic E-state index is 0.0660. The fourth-order valence-corrected chi connectivity index (χ4v) is 4.12. The first kappa shape index (κ1) is 22.6. The Bertz CT molecular complexity index is 1170. The Labute approximate surface area is 194 Å². The second kappa shape index (κ2) is 10.4. The molecule has 1 unspecified atom stereocenters. The third kappa shape index (κ3) is 5.81. The van der Waals surface area contributed by atoms with Gasteiger partial charge in [0.15, 0.2) is 11.5 Å². The van der Waals surface area contributed by atoms with E-state index in [4.69, 9.17) is 9.47 Å². The van der Waals surface area contributed by atoms with Gasteiger partial charge in [0.05, 0.1) is 11.3 Å². The van der Waals surface area contributed by atoms with E-state index in [1.165, 1.54) is 6.07 Å². The minimum Gasteiger partial charge on any atom is -0.454 e. The molecule has 0 spiro atoms. The van der Waals surface area contributed by atoms with Crippen LogP contribution in [0.4, 0.5) is 10.1 Å². The van der Waals surface area contributed by atoms with Crippen molar-refractivity contribution in [1.29, 1.82) is 0 Å². The van der Waals surface area contributed by atoms with E-state index in [1.54, 1.807) is 54.7 Å². The molecule has 9 heteroatoms. The summed E-state index contributed by atoms with van der Waals surface area (Å²) in [4.78, 5) is 29.5. The number of ether oxygens (including phenoxy) is 2. The van der Waals surface area contributed by atoms with Gasteiger partial charge in [-0.1, -0.05) is 30.0 Å². The lowest BCUT2D eigenvalue weighted by Gasteiger charge is -2.15. The fourth-order valence-electron chi connectivity index (χ4n) is 3.33. The number of carbonyl (C=O) groups excluding carboxylic acids is 2. The van der Waals surface area contributed by atoms with E-state index in [9.17, 15) is 14.0 Å². The molecule has 1 aromatic heterocycles. The van der Waals surface area contributed by atoms with Crippen LogP contribution in [0.3, 0.4) is 0 Å². The molecule has 0 bridgehead atoms. The van der Waals surface area contributed by atoms with Crippen molar-refractivity contribution in [1.82, 2.24) is 10.3 Å². The molecule has 2 aromatic carbocycles. The van der Waals surface area contributed by atoms with E-state index < -0.39 is 0 Å². The summed E-state index contributed by atoms with van der Waals surface area (Å²) in [5.41, 5.74) is 1.48. The number of anilines is 1. The summed E-state index contributed by atoms with van der Waals surface area (Å²) in [7, 11) is 0. The number of pyridine rings is 1. The van der Waals surface area contributed by atoms with E-state index in [0.29, 0.717) is 39.8 Å². The van der Waals surface area contributed by atoms with E-state index in [-0.39, 0.29) is 36.2 Å². The summed E-state index contributed by atoms with van der Waals surface area (Å²) in [6.45, 7) is 1.97. The zero-order valence-electron chi connectivity index (χ0n) is 17.8. The number of hydrogen-bond acceptors (Lipinski definition) is 6. The number of nitrogens with zero attached hydrogens (tertiary/aromatic N) is 1. The topological polar surface area (TPSA) is 89.6 Å². The first-order valence-corrected chi connectivity index (χ1v) is 11.3. The number of halogens is 1. The molecule has 0 saturated heterocycles. The van der Waals surface area contributed by atoms with Crippen LogP contribution >= 0.6 is 11.8 Å². The molecule has 2 N–H and O–H groups in total. The van der Waals surface area contributed by atoms with Crippen molar-refractivity contribution >= 4 is 29.3 Å². The van der Waals surface area contributed by atoms with Gasteiger partial charge in [-0.25, -0.2) is 9.37 Å². The normalized spacial score (nSPS) is 12.8. The molecule has 7 nitrogen and oxygen atoms in total. The smallest absolute Gasteiger partial charge is 0.254 e. The van der Waals surface area contributed by atoms with Crippen LogP contribution in [0.25, 0.3) is 0 Å². The van der Waals surface area contributed by atoms with Crippen LogP contribution in [0.15, 0.2) is 65.8 Å². The highest BCUT2D eigenvalue weighted by Crippen LogP contribution is 2.34. The molecule has 4 rings (SSSR count). The largest absolute Gasteiger partial charge is 0.454 e. The van der Waals surface area contributed by atoms with Gasteiger partial charge in [0.2, 0.25) is 12.7 Å². The number of nitrogens with one attached hydrogen (secondary N) is 2. The maximum atomic E-state index is 13.9. The van der Waals surface area contributed by atoms with Crippen molar-refractivity contribution in [2.75, 3.05) is 17.9 Å². The summed E-state index contributed by atoms with van der Waals surface area (Å²) in [6, 6.07) is 14.7. The van der Waals surface area contributed by atoms with Crippen molar-refractivity contribution in [3.05, 3.63) is 77.7 Å². The highest BCUT2D eigenvalue weighted by atomic mass is 32.2. The minimum atomic E-state index is -0.328. The van der Waals surface area contributed by atoms with Crippen LogP contribution in [0.2, 0.25) is 0 Å². The quantitative estimate of drug-likeness (QED) is 0.486. The van der Waals surface area contributed by atoms with Crippen LogP contribution in [-0.4, -0.2) is 35.4 Å². The summed E-state index contributed by atoms with van der Waals surface area (Å²) in [6.07, 6.45) is 1.93. The molecule has 0 aliphatic carbocycles. The number of amides is 2.